The summed E-state index contributed by atoms with van der Waals surface area (Å²) >= 11 is 11.9. The average Bonchev–Trinajstić information content (AvgIpc) is 2.63. The summed E-state index contributed by atoms with van der Waals surface area (Å²) in [5.41, 5.74) is 3.01. The number of hydrogen-bond acceptors (Lipinski definition) is 3. The average molecular weight is 455 g/mol. The van der Waals surface area contributed by atoms with E-state index in [0.717, 1.165) is 16.7 Å². The molecule has 0 spiro atoms. The molecule has 0 unspecified atom stereocenters. The Morgan fingerprint density at radius 1 is 1.07 bits per heavy atom. The second-order valence-corrected chi connectivity index (χ2v) is 10.2. The first-order chi connectivity index (χ1) is 13.6. The lowest BCUT2D eigenvalue weighted by Gasteiger charge is -2.32. The predicted molar refractivity (Wildman–Crippen MR) is 117 cm³/mol. The lowest BCUT2D eigenvalue weighted by atomic mass is 9.99. The Labute approximate surface area is 182 Å². The van der Waals surface area contributed by atoms with E-state index >= 15 is 0 Å². The highest BCUT2D eigenvalue weighted by molar-refractivity contribution is 7.89. The molecule has 3 rings (SSSR count). The molecule has 156 valence electrons. The molecule has 0 aromatic heterocycles. The van der Waals surface area contributed by atoms with Gasteiger partial charge in [-0.1, -0.05) is 40.9 Å². The standard InChI is InChI=1S/C21H24Cl2N2O3S/c1-13-9-14(2)20(15(3)10-13)29(27,28)25-8-4-5-16(12-25)21(26)24-17-6-7-18(22)19(23)11-17/h6-7,9-11,16H,4-5,8,12H2,1-3H3,(H,24,26)/t16-/m0/s1. The second kappa shape index (κ2) is 8.64. The fraction of sp³-hybridized carbons (Fsp3) is 0.381. The number of nitrogens with one attached hydrogen (secondary N) is 1. The van der Waals surface area contributed by atoms with Crippen molar-refractivity contribution in [2.45, 2.75) is 38.5 Å². The van der Waals surface area contributed by atoms with E-state index in [9.17, 15) is 13.2 Å². The number of carbonyl (C=O) groups is 1. The summed E-state index contributed by atoms with van der Waals surface area (Å²) in [7, 11) is -3.68. The number of anilines is 1. The molecule has 2 aromatic carbocycles. The SMILES string of the molecule is Cc1cc(C)c(S(=O)(=O)N2CCC[C@H](C(=O)Nc3ccc(Cl)c(Cl)c3)C2)c(C)c1. The first-order valence-corrected chi connectivity index (χ1v) is 11.6. The van der Waals surface area contributed by atoms with Crippen LogP contribution in [-0.2, 0) is 14.8 Å². The minimum absolute atomic E-state index is 0.155. The van der Waals surface area contributed by atoms with E-state index < -0.39 is 15.9 Å². The van der Waals surface area contributed by atoms with E-state index in [0.29, 0.717) is 40.0 Å². The Kier molecular flexibility index (Phi) is 6.58. The summed E-state index contributed by atoms with van der Waals surface area (Å²) in [6, 6.07) is 8.61. The number of aryl methyl sites for hydroxylation is 3. The van der Waals surface area contributed by atoms with Crippen LogP contribution in [0.2, 0.25) is 10.0 Å². The monoisotopic (exact) mass is 454 g/mol. The lowest BCUT2D eigenvalue weighted by molar-refractivity contribution is -0.120. The molecule has 1 heterocycles. The second-order valence-electron chi connectivity index (χ2n) is 7.55. The quantitative estimate of drug-likeness (QED) is 0.709. The molecule has 2 aromatic rings. The number of piperidine rings is 1. The molecular formula is C21H24Cl2N2O3S. The van der Waals surface area contributed by atoms with Gasteiger partial charge in [0, 0.05) is 18.8 Å². The van der Waals surface area contributed by atoms with Gasteiger partial charge in [-0.2, -0.15) is 4.31 Å². The van der Waals surface area contributed by atoms with Crippen LogP contribution in [0.4, 0.5) is 5.69 Å². The smallest absolute Gasteiger partial charge is 0.243 e. The number of carbonyl (C=O) groups excluding carboxylic acids is 1. The van der Waals surface area contributed by atoms with Crippen LogP contribution in [0.1, 0.15) is 29.5 Å². The van der Waals surface area contributed by atoms with Gasteiger partial charge in [-0.15, -0.1) is 0 Å². The third kappa shape index (κ3) is 4.77. The first-order valence-electron chi connectivity index (χ1n) is 9.43. The van der Waals surface area contributed by atoms with Crippen molar-refractivity contribution in [3.8, 4) is 0 Å². The number of sulfonamides is 1. The summed E-state index contributed by atoms with van der Waals surface area (Å²) in [6.45, 7) is 6.13. The van der Waals surface area contributed by atoms with Gasteiger partial charge in [-0.25, -0.2) is 8.42 Å². The van der Waals surface area contributed by atoms with E-state index in [1.165, 1.54) is 4.31 Å². The largest absolute Gasteiger partial charge is 0.326 e. The van der Waals surface area contributed by atoms with Gasteiger partial charge in [-0.3, -0.25) is 4.79 Å². The molecule has 1 fully saturated rings. The van der Waals surface area contributed by atoms with Gasteiger partial charge in [0.1, 0.15) is 0 Å². The Morgan fingerprint density at radius 3 is 2.34 bits per heavy atom. The molecule has 1 amide bonds. The number of rotatable bonds is 4. The van der Waals surface area contributed by atoms with Crippen molar-refractivity contribution >= 4 is 44.8 Å². The molecule has 0 radical (unpaired) electrons. The number of amides is 1. The molecule has 0 saturated carbocycles. The zero-order valence-corrected chi connectivity index (χ0v) is 19.0. The van der Waals surface area contributed by atoms with Gasteiger partial charge in [0.25, 0.3) is 0 Å². The Bertz CT molecular complexity index is 1030. The highest BCUT2D eigenvalue weighted by atomic mass is 35.5. The number of hydrogen-bond donors (Lipinski definition) is 1. The van der Waals surface area contributed by atoms with Crippen LogP contribution in [0.25, 0.3) is 0 Å². The van der Waals surface area contributed by atoms with E-state index in [-0.39, 0.29) is 12.5 Å². The minimum Gasteiger partial charge on any atom is -0.326 e. The molecule has 0 bridgehead atoms. The molecular weight excluding hydrogens is 431 g/mol. The maximum atomic E-state index is 13.3. The summed E-state index contributed by atoms with van der Waals surface area (Å²) in [6.07, 6.45) is 1.26. The van der Waals surface area contributed by atoms with Crippen molar-refractivity contribution in [1.29, 1.82) is 0 Å². The van der Waals surface area contributed by atoms with Crippen molar-refractivity contribution in [3.63, 3.8) is 0 Å². The van der Waals surface area contributed by atoms with Gasteiger partial charge < -0.3 is 5.32 Å². The van der Waals surface area contributed by atoms with Crippen LogP contribution in [-0.4, -0.2) is 31.7 Å². The summed E-state index contributed by atoms with van der Waals surface area (Å²) < 4.78 is 28.1. The van der Waals surface area contributed by atoms with Gasteiger partial charge >= 0.3 is 0 Å². The van der Waals surface area contributed by atoms with Crippen LogP contribution < -0.4 is 5.32 Å². The molecule has 5 nitrogen and oxygen atoms in total. The molecule has 1 N–H and O–H groups in total. The Morgan fingerprint density at radius 2 is 1.72 bits per heavy atom. The molecule has 29 heavy (non-hydrogen) atoms. The molecule has 1 aliphatic heterocycles. The highest BCUT2D eigenvalue weighted by Gasteiger charge is 2.34. The fourth-order valence-corrected chi connectivity index (χ4v) is 6.13. The molecule has 8 heteroatoms. The lowest BCUT2D eigenvalue weighted by Crippen LogP contribution is -2.44. The van der Waals surface area contributed by atoms with Crippen LogP contribution in [0, 0.1) is 26.7 Å². The summed E-state index contributed by atoms with van der Waals surface area (Å²) in [5.74, 6) is -0.653. The van der Waals surface area contributed by atoms with Crippen molar-refractivity contribution < 1.29 is 13.2 Å². The van der Waals surface area contributed by atoms with Crippen molar-refractivity contribution in [1.82, 2.24) is 4.31 Å². The predicted octanol–water partition coefficient (Wildman–Crippen LogP) is 4.96. The molecule has 0 aliphatic carbocycles. The van der Waals surface area contributed by atoms with Crippen molar-refractivity contribution in [2.75, 3.05) is 18.4 Å². The number of benzene rings is 2. The molecule has 1 saturated heterocycles. The van der Waals surface area contributed by atoms with Gasteiger partial charge in [0.05, 0.1) is 20.9 Å². The highest BCUT2D eigenvalue weighted by Crippen LogP contribution is 2.30. The van der Waals surface area contributed by atoms with E-state index in [1.54, 1.807) is 18.2 Å². The van der Waals surface area contributed by atoms with E-state index in [4.69, 9.17) is 23.2 Å². The minimum atomic E-state index is -3.68. The maximum absolute atomic E-state index is 13.3. The summed E-state index contributed by atoms with van der Waals surface area (Å²) in [4.78, 5) is 13.1. The van der Waals surface area contributed by atoms with Gasteiger partial charge in [0.15, 0.2) is 0 Å². The van der Waals surface area contributed by atoms with Gasteiger partial charge in [0.2, 0.25) is 15.9 Å². The molecule has 1 aliphatic rings. The van der Waals surface area contributed by atoms with Crippen LogP contribution >= 0.6 is 23.2 Å². The third-order valence-electron chi connectivity index (χ3n) is 5.14. The van der Waals surface area contributed by atoms with Crippen molar-refractivity contribution in [2.24, 2.45) is 5.92 Å². The maximum Gasteiger partial charge on any atom is 0.243 e. The van der Waals surface area contributed by atoms with Crippen LogP contribution in [0.3, 0.4) is 0 Å². The molecule has 1 atom stereocenters. The van der Waals surface area contributed by atoms with E-state index in [1.807, 2.05) is 32.9 Å². The van der Waals surface area contributed by atoms with Gasteiger partial charge in [-0.05, 0) is 62.9 Å². The summed E-state index contributed by atoms with van der Waals surface area (Å²) in [5, 5.41) is 3.57. The zero-order chi connectivity index (χ0) is 21.3. The Balaban J connectivity index is 1.79. The first kappa shape index (κ1) is 22.1. The third-order valence-corrected chi connectivity index (χ3v) is 8.05. The number of halogens is 2. The van der Waals surface area contributed by atoms with E-state index in [2.05, 4.69) is 5.32 Å². The fourth-order valence-electron chi connectivity index (χ4n) is 3.90. The number of nitrogens with zero attached hydrogens (tertiary/aromatic N) is 1. The topological polar surface area (TPSA) is 66.5 Å². The van der Waals surface area contributed by atoms with Crippen molar-refractivity contribution in [3.05, 3.63) is 57.1 Å². The normalized spacial score (nSPS) is 17.9. The zero-order valence-electron chi connectivity index (χ0n) is 16.6. The van der Waals surface area contributed by atoms with Crippen LogP contribution in [0.15, 0.2) is 35.2 Å². The van der Waals surface area contributed by atoms with Crippen LogP contribution in [0.5, 0.6) is 0 Å². The Hall–Kier alpha value is -1.60.